The molecule has 0 saturated carbocycles. The highest BCUT2D eigenvalue weighted by Gasteiger charge is 2.35. The molecule has 4 fully saturated rings. The summed E-state index contributed by atoms with van der Waals surface area (Å²) in [4.78, 5) is 167. The van der Waals surface area contributed by atoms with E-state index in [0.29, 0.717) is 106 Å². The van der Waals surface area contributed by atoms with Crippen LogP contribution in [0.5, 0.6) is 0 Å². The summed E-state index contributed by atoms with van der Waals surface area (Å²) in [5.41, 5.74) is 2.06. The number of rotatable bonds is 24. The van der Waals surface area contributed by atoms with Gasteiger partial charge in [0, 0.05) is 50.5 Å². The first-order chi connectivity index (χ1) is 57.9. The largest absolute Gasteiger partial charge is 0.461 e. The summed E-state index contributed by atoms with van der Waals surface area (Å²) in [6.45, 7) is 7.50. The minimum absolute atomic E-state index is 0.0968. The third-order valence-electron chi connectivity index (χ3n) is 20.5. The molecule has 0 spiro atoms. The molecule has 4 N–H and O–H groups in total. The predicted octanol–water partition coefficient (Wildman–Crippen LogP) is 13.0. The number of hydrogen-bond donors (Lipinski definition) is 4. The molecule has 8 heterocycles. The molecule has 0 radical (unpaired) electrons. The molecule has 638 valence electrons. The second kappa shape index (κ2) is 44.1. The van der Waals surface area contributed by atoms with Gasteiger partial charge in [0.05, 0.1) is 157 Å². The number of fused-ring (bicyclic) bond motifs is 4. The van der Waals surface area contributed by atoms with Crippen LogP contribution in [0, 0.1) is 5.92 Å². The maximum Gasteiger partial charge on any atom is 0.338 e. The summed E-state index contributed by atoms with van der Waals surface area (Å²) in [6.07, 6.45) is 11.1. The third-order valence-corrected chi connectivity index (χ3v) is 25.3. The molecule has 6 aromatic carbocycles. The summed E-state index contributed by atoms with van der Waals surface area (Å²) in [5.74, 6) is -2.16. The number of hydrogen-bond acceptors (Lipinski definition) is 24. The molecule has 0 bridgehead atoms. The Labute approximate surface area is 747 Å². The van der Waals surface area contributed by atoms with E-state index >= 15 is 0 Å². The molecule has 36 heteroatoms. The number of carbonyl (C=O) groups is 8. The first-order valence-electron chi connectivity index (χ1n) is 39.2. The van der Waals surface area contributed by atoms with Crippen molar-refractivity contribution in [3.05, 3.63) is 225 Å². The molecule has 28 nitrogen and oxygen atoms in total. The fourth-order valence-electron chi connectivity index (χ4n) is 14.4. The zero-order chi connectivity index (χ0) is 86.7. The van der Waals surface area contributed by atoms with E-state index in [-0.39, 0.29) is 170 Å². The smallest absolute Gasteiger partial charge is 0.338 e. The number of ketones is 4. The Morgan fingerprint density at radius 2 is 0.702 bits per heavy atom. The monoisotopic (exact) mass is 1990 g/mol. The van der Waals surface area contributed by atoms with Crippen molar-refractivity contribution in [2.24, 2.45) is 5.92 Å². The molecular weight excluding hydrogens is 1910 g/mol. The van der Waals surface area contributed by atoms with E-state index in [1.165, 1.54) is 56.6 Å². The fraction of sp³-hybridized carbons (Fsp3) is 0.388. The fourth-order valence-corrected chi connectivity index (χ4v) is 16.4. The van der Waals surface area contributed by atoms with Gasteiger partial charge < -0.3 is 40.2 Å². The molecule has 4 aromatic heterocycles. The lowest BCUT2D eigenvalue weighted by Gasteiger charge is -2.32. The van der Waals surface area contributed by atoms with Gasteiger partial charge in [0.15, 0.2) is 23.1 Å². The summed E-state index contributed by atoms with van der Waals surface area (Å²) in [7, 11) is 0. The molecule has 8 atom stereocenters. The lowest BCUT2D eigenvalue weighted by Crippen LogP contribution is -2.48. The van der Waals surface area contributed by atoms with Crippen LogP contribution < -0.4 is 43.5 Å². The van der Waals surface area contributed by atoms with E-state index in [2.05, 4.69) is 105 Å². The van der Waals surface area contributed by atoms with Crippen molar-refractivity contribution in [1.29, 1.82) is 0 Å². The first-order valence-corrected chi connectivity index (χ1v) is 43.9. The van der Waals surface area contributed by atoms with Crippen LogP contribution in [-0.4, -0.2) is 160 Å². The number of esters is 4. The van der Waals surface area contributed by atoms with Gasteiger partial charge in [-0.25, -0.2) is 24.7 Å². The van der Waals surface area contributed by atoms with E-state index in [1.54, 1.807) is 80.6 Å². The van der Waals surface area contributed by atoms with Gasteiger partial charge in [-0.3, -0.25) is 71.0 Å². The highest BCUT2D eigenvalue weighted by Crippen LogP contribution is 2.31. The Morgan fingerprint density at radius 3 is 1.01 bits per heavy atom. The van der Waals surface area contributed by atoms with Gasteiger partial charge >= 0.3 is 23.9 Å². The number of ether oxygens (including phenoxy) is 4. The van der Waals surface area contributed by atoms with Crippen LogP contribution in [-0.2, 0) is 85.1 Å². The van der Waals surface area contributed by atoms with Gasteiger partial charge in [0.25, 0.3) is 22.2 Å². The number of piperidine rings is 4. The highest BCUT2D eigenvalue weighted by molar-refractivity contribution is 9.11. The van der Waals surface area contributed by atoms with Crippen molar-refractivity contribution in [1.82, 2.24) is 59.5 Å². The van der Waals surface area contributed by atoms with E-state index in [1.807, 2.05) is 36.4 Å². The lowest BCUT2D eigenvalue weighted by molar-refractivity contribution is -0.156. The van der Waals surface area contributed by atoms with Crippen LogP contribution in [0.25, 0.3) is 43.6 Å². The lowest BCUT2D eigenvalue weighted by atomic mass is 9.96. The van der Waals surface area contributed by atoms with Crippen LogP contribution in [0.15, 0.2) is 172 Å². The molecule has 4 aliphatic rings. The van der Waals surface area contributed by atoms with Gasteiger partial charge in [-0.1, -0.05) is 109 Å². The van der Waals surface area contributed by atoms with Crippen LogP contribution in [0.1, 0.15) is 114 Å². The highest BCUT2D eigenvalue weighted by atomic mass is 79.9. The van der Waals surface area contributed by atoms with Gasteiger partial charge in [-0.05, 0) is 207 Å². The molecule has 0 aliphatic carbocycles. The van der Waals surface area contributed by atoms with Gasteiger partial charge in [0.2, 0.25) is 0 Å². The number of halogens is 8. The van der Waals surface area contributed by atoms with Gasteiger partial charge in [-0.15, -0.1) is 0 Å². The SMILES string of the molecule is CC(=O)O[C@@H]1CCCN[C@H]1CC(=O)Cn1cnc2cc(Br)c(Cl)cc2c1=O.CC(C)C(=O)O[C@@H]1CCCN[C@H]1CC(=O)Cn1cnc2cc(Br)c(Cl)cc2c1=O.O=C(C[C@@H]1NCCC[C@H]1OC(=O)Cc1ccccc1)Cn1cnc2cc(Br)c(Cl)cc2c1=O.O=C(C[C@@H]1NCCC[C@H]1OC(=O)c1ccccc1)Cn1cnc2cc(Br)c(Cl)cc2c1=O. The molecule has 4 saturated heterocycles. The Morgan fingerprint density at radius 1 is 0.413 bits per heavy atom. The Hall–Kier alpha value is -8.64. The van der Waals surface area contributed by atoms with Crippen molar-refractivity contribution in [3.8, 4) is 0 Å². The number of Topliss-reactive ketones (excluding diaryl/α,β-unsaturated/α-hetero) is 4. The molecule has 4 aliphatic heterocycles. The summed E-state index contributed by atoms with van der Waals surface area (Å²) in [6, 6.07) is 29.9. The average Bonchev–Trinajstić information content (AvgIpc) is 0.805. The molecule has 14 rings (SSSR count). The quantitative estimate of drug-likeness (QED) is 0.0322. The summed E-state index contributed by atoms with van der Waals surface area (Å²) < 4.78 is 30.0. The van der Waals surface area contributed by atoms with E-state index in [9.17, 15) is 57.5 Å². The molecule has 0 amide bonds. The van der Waals surface area contributed by atoms with Crippen molar-refractivity contribution in [3.63, 3.8) is 0 Å². The van der Waals surface area contributed by atoms with Gasteiger partial charge in [-0.2, -0.15) is 0 Å². The van der Waals surface area contributed by atoms with Crippen molar-refractivity contribution >= 4 is 201 Å². The maximum atomic E-state index is 12.8. The Balaban J connectivity index is 0.000000158. The van der Waals surface area contributed by atoms with Crippen molar-refractivity contribution < 1.29 is 57.3 Å². The minimum Gasteiger partial charge on any atom is -0.461 e. The Bertz CT molecular complexity index is 5770. The Kier molecular flexibility index (Phi) is 33.9. The van der Waals surface area contributed by atoms with E-state index in [0.717, 1.165) is 63.8 Å². The van der Waals surface area contributed by atoms with E-state index in [4.69, 9.17) is 65.4 Å². The second-order valence-electron chi connectivity index (χ2n) is 29.9. The summed E-state index contributed by atoms with van der Waals surface area (Å²) >= 11 is 37.6. The van der Waals surface area contributed by atoms with Crippen LogP contribution in [0.3, 0.4) is 0 Å². The third kappa shape index (κ3) is 25.8. The minimum atomic E-state index is -0.414. The van der Waals surface area contributed by atoms with E-state index < -0.39 is 12.1 Å². The molecule has 10 aromatic rings. The first kappa shape index (κ1) is 93.1. The predicted molar refractivity (Wildman–Crippen MR) is 473 cm³/mol. The number of aromatic nitrogens is 8. The zero-order valence-electron chi connectivity index (χ0n) is 65.9. The van der Waals surface area contributed by atoms with Crippen LogP contribution in [0.2, 0.25) is 20.1 Å². The second-order valence-corrected chi connectivity index (χ2v) is 35.0. The number of benzene rings is 6. The normalized spacial score (nSPS) is 18.9. The topological polar surface area (TPSA) is 361 Å². The maximum absolute atomic E-state index is 12.8. The number of carbonyl (C=O) groups excluding carboxylic acids is 8. The number of nitrogens with one attached hydrogen (secondary N) is 4. The van der Waals surface area contributed by atoms with Gasteiger partial charge in [0.1, 0.15) is 24.4 Å². The van der Waals surface area contributed by atoms with Crippen molar-refractivity contribution in [2.45, 2.75) is 179 Å². The number of nitrogens with zero attached hydrogens (tertiary/aromatic N) is 8. The summed E-state index contributed by atoms with van der Waals surface area (Å²) in [5, 5.41) is 16.1. The zero-order valence-corrected chi connectivity index (χ0v) is 75.2. The standard InChI is InChI=1S/C24H23BrClN3O4.C23H21BrClN3O4.C20H23BrClN3O4.C18H19BrClN3O4/c25-18-12-20-17(11-19(18)26)24(32)29(14-28-20)13-16(30)10-21-22(7-4-8-27-21)33-23(31)9-15-5-2-1-3-6-15;24-17-11-19-16(10-18(17)25)22(30)28(13-27-19)12-15(29)9-20-21(7-4-8-26-20)32-23(31)14-5-2-1-3-6-14;1-11(2)20(28)29-18-4-3-5-23-17(18)6-12(26)9-25-10-24-16-8-14(21)15(22)7-13(16)19(25)27;1-10(24)27-17-3-2-4-21-16(17)5-11(25)8-23-9-22-15-7-13(19)14(20)6-12(15)18(23)26/h1-3,5-6,11-12,14,21-22,27H,4,7-10,13H2;1-3,5-6,10-11,13,20-21,26H,4,7-9,12H2;7-8,10-11,17-18,23H,3-6,9H2,1-2H3;6-7,9,16-17,21H,2-5,8H2,1H3/t21-,22+;20-,21+;17-,18+;16-,17+/m0000/s1. The average molecular weight is 1990 g/mol. The van der Waals surface area contributed by atoms with Crippen molar-refractivity contribution in [2.75, 3.05) is 26.2 Å². The molecular formula is C85H86Br4Cl4N12O16. The van der Waals surface area contributed by atoms with Crippen LogP contribution >= 0.6 is 110 Å². The van der Waals surface area contributed by atoms with Crippen LogP contribution in [0.4, 0.5) is 0 Å². The molecule has 0 unspecified atom stereocenters. The molecule has 121 heavy (non-hydrogen) atoms.